The second kappa shape index (κ2) is 3.75. The number of aliphatic hydroxyl groups excluding tert-OH is 2. The summed E-state index contributed by atoms with van der Waals surface area (Å²) in [6, 6.07) is 5.69. The van der Waals surface area contributed by atoms with Gasteiger partial charge in [-0.3, -0.25) is 0 Å². The Morgan fingerprint density at radius 1 is 1.25 bits per heavy atom. The lowest BCUT2D eigenvalue weighted by atomic mass is 9.98. The number of hydrogen-bond acceptors (Lipinski definition) is 3. The largest absolute Gasteiger partial charge is 0.493 e. The summed E-state index contributed by atoms with van der Waals surface area (Å²) >= 11 is 0. The summed E-state index contributed by atoms with van der Waals surface area (Å²) in [4.78, 5) is 0. The van der Waals surface area contributed by atoms with Crippen LogP contribution in [0.4, 0.5) is 0 Å². The molecule has 16 heavy (non-hydrogen) atoms. The normalized spacial score (nSPS) is 22.4. The highest BCUT2D eigenvalue weighted by atomic mass is 16.5. The third-order valence-corrected chi connectivity index (χ3v) is 3.48. The van der Waals surface area contributed by atoms with E-state index in [2.05, 4.69) is 0 Å². The highest BCUT2D eigenvalue weighted by molar-refractivity contribution is 5.40. The van der Waals surface area contributed by atoms with E-state index in [1.807, 2.05) is 18.2 Å². The molecule has 86 valence electrons. The van der Waals surface area contributed by atoms with Gasteiger partial charge in [0.25, 0.3) is 0 Å². The summed E-state index contributed by atoms with van der Waals surface area (Å²) in [6.45, 7) is 0.722. The van der Waals surface area contributed by atoms with Crippen LogP contribution in [0.15, 0.2) is 18.2 Å². The van der Waals surface area contributed by atoms with Gasteiger partial charge in [0.1, 0.15) is 11.9 Å². The van der Waals surface area contributed by atoms with Crippen LogP contribution in [0.2, 0.25) is 0 Å². The van der Waals surface area contributed by atoms with E-state index in [0.717, 1.165) is 42.7 Å². The first-order chi connectivity index (χ1) is 7.75. The van der Waals surface area contributed by atoms with Gasteiger partial charge in [0.2, 0.25) is 0 Å². The number of rotatable bonds is 3. The van der Waals surface area contributed by atoms with Crippen LogP contribution in [-0.2, 0) is 6.42 Å². The number of hydrogen-bond donors (Lipinski definition) is 2. The molecule has 0 radical (unpaired) electrons. The Bertz CT molecular complexity index is 398. The molecule has 0 saturated heterocycles. The predicted molar refractivity (Wildman–Crippen MR) is 59.3 cm³/mol. The number of aliphatic hydroxyl groups is 2. The molecule has 0 spiro atoms. The van der Waals surface area contributed by atoms with Crippen LogP contribution in [0.1, 0.15) is 30.1 Å². The van der Waals surface area contributed by atoms with Crippen LogP contribution in [0.3, 0.4) is 0 Å². The van der Waals surface area contributed by atoms with E-state index in [1.165, 1.54) is 0 Å². The van der Waals surface area contributed by atoms with Crippen LogP contribution in [0.5, 0.6) is 5.75 Å². The molecule has 1 aliphatic heterocycles. The van der Waals surface area contributed by atoms with Crippen molar-refractivity contribution in [1.29, 1.82) is 0 Å². The summed E-state index contributed by atoms with van der Waals surface area (Å²) in [5.41, 5.74) is 1.95. The topological polar surface area (TPSA) is 49.7 Å². The standard InChI is InChI=1S/C13H16O3/c14-12(8-1-2-8)13(15)10-3-4-11-9(7-10)5-6-16-11/h3-4,7-8,12-15H,1-2,5-6H2. The first-order valence-electron chi connectivity index (χ1n) is 5.87. The lowest BCUT2D eigenvalue weighted by molar-refractivity contribution is 0.00481. The minimum Gasteiger partial charge on any atom is -0.493 e. The Morgan fingerprint density at radius 3 is 2.81 bits per heavy atom. The molecule has 0 amide bonds. The quantitative estimate of drug-likeness (QED) is 0.810. The van der Waals surface area contributed by atoms with Gasteiger partial charge in [0, 0.05) is 6.42 Å². The molecule has 2 N–H and O–H groups in total. The van der Waals surface area contributed by atoms with Crippen molar-refractivity contribution in [3.63, 3.8) is 0 Å². The number of benzene rings is 1. The zero-order chi connectivity index (χ0) is 11.1. The molecule has 1 saturated carbocycles. The van der Waals surface area contributed by atoms with E-state index in [0.29, 0.717) is 5.92 Å². The van der Waals surface area contributed by atoms with Crippen molar-refractivity contribution in [2.45, 2.75) is 31.5 Å². The summed E-state index contributed by atoms with van der Waals surface area (Å²) in [5, 5.41) is 19.9. The summed E-state index contributed by atoms with van der Waals surface area (Å²) in [6.07, 6.45) is 1.60. The molecule has 1 aromatic rings. The first kappa shape index (κ1) is 10.1. The fourth-order valence-electron chi connectivity index (χ4n) is 2.28. The number of ether oxygens (including phenoxy) is 1. The summed E-state index contributed by atoms with van der Waals surface area (Å²) in [5.74, 6) is 1.20. The second-order valence-corrected chi connectivity index (χ2v) is 4.74. The Morgan fingerprint density at radius 2 is 2.06 bits per heavy atom. The van der Waals surface area contributed by atoms with Crippen molar-refractivity contribution in [1.82, 2.24) is 0 Å². The molecule has 1 aliphatic carbocycles. The van der Waals surface area contributed by atoms with E-state index in [-0.39, 0.29) is 0 Å². The van der Waals surface area contributed by atoms with Gasteiger partial charge < -0.3 is 14.9 Å². The van der Waals surface area contributed by atoms with Gasteiger partial charge in [-0.05, 0) is 42.0 Å². The fourth-order valence-corrected chi connectivity index (χ4v) is 2.28. The average molecular weight is 220 g/mol. The van der Waals surface area contributed by atoms with Gasteiger partial charge >= 0.3 is 0 Å². The molecule has 3 nitrogen and oxygen atoms in total. The lowest BCUT2D eigenvalue weighted by Crippen LogP contribution is -2.20. The molecule has 1 heterocycles. The number of fused-ring (bicyclic) bond motifs is 1. The van der Waals surface area contributed by atoms with Crippen LogP contribution in [-0.4, -0.2) is 22.9 Å². The van der Waals surface area contributed by atoms with Crippen molar-refractivity contribution >= 4 is 0 Å². The molecule has 3 heteroatoms. The maximum atomic E-state index is 10.0. The van der Waals surface area contributed by atoms with Crippen molar-refractivity contribution in [2.24, 2.45) is 5.92 Å². The van der Waals surface area contributed by atoms with Gasteiger partial charge in [-0.2, -0.15) is 0 Å². The van der Waals surface area contributed by atoms with Gasteiger partial charge in [-0.15, -0.1) is 0 Å². The molecule has 2 unspecified atom stereocenters. The zero-order valence-electron chi connectivity index (χ0n) is 9.10. The van der Waals surface area contributed by atoms with Gasteiger partial charge in [0.05, 0.1) is 12.7 Å². The predicted octanol–water partition coefficient (Wildman–Crippen LogP) is 1.43. The Hall–Kier alpha value is -1.06. The zero-order valence-corrected chi connectivity index (χ0v) is 9.10. The van der Waals surface area contributed by atoms with E-state index >= 15 is 0 Å². The van der Waals surface area contributed by atoms with E-state index in [4.69, 9.17) is 4.74 Å². The Kier molecular flexibility index (Phi) is 2.37. The average Bonchev–Trinajstić information content (AvgIpc) is 3.05. The third kappa shape index (κ3) is 1.70. The maximum absolute atomic E-state index is 10.0. The monoisotopic (exact) mass is 220 g/mol. The molecular weight excluding hydrogens is 204 g/mol. The molecule has 0 bridgehead atoms. The van der Waals surface area contributed by atoms with Crippen molar-refractivity contribution in [3.8, 4) is 5.75 Å². The smallest absolute Gasteiger partial charge is 0.122 e. The van der Waals surface area contributed by atoms with Crippen LogP contribution < -0.4 is 4.74 Å². The van der Waals surface area contributed by atoms with E-state index in [1.54, 1.807) is 0 Å². The lowest BCUT2D eigenvalue weighted by Gasteiger charge is -2.18. The Balaban J connectivity index is 1.82. The maximum Gasteiger partial charge on any atom is 0.122 e. The van der Waals surface area contributed by atoms with Crippen LogP contribution >= 0.6 is 0 Å². The molecule has 1 aromatic carbocycles. The van der Waals surface area contributed by atoms with Crippen molar-refractivity contribution < 1.29 is 14.9 Å². The molecule has 0 aromatic heterocycles. The SMILES string of the molecule is OC(c1ccc2c(c1)CCO2)C(O)C1CC1. The second-order valence-electron chi connectivity index (χ2n) is 4.74. The van der Waals surface area contributed by atoms with Gasteiger partial charge in [0.15, 0.2) is 0 Å². The summed E-state index contributed by atoms with van der Waals surface area (Å²) < 4.78 is 5.41. The molecule has 1 fully saturated rings. The Labute approximate surface area is 94.7 Å². The fraction of sp³-hybridized carbons (Fsp3) is 0.538. The summed E-state index contributed by atoms with van der Waals surface area (Å²) in [7, 11) is 0. The minimum absolute atomic E-state index is 0.291. The van der Waals surface area contributed by atoms with E-state index < -0.39 is 12.2 Å². The van der Waals surface area contributed by atoms with E-state index in [9.17, 15) is 10.2 Å². The van der Waals surface area contributed by atoms with Gasteiger partial charge in [-0.1, -0.05) is 6.07 Å². The van der Waals surface area contributed by atoms with Crippen molar-refractivity contribution in [3.05, 3.63) is 29.3 Å². The first-order valence-corrected chi connectivity index (χ1v) is 5.87. The van der Waals surface area contributed by atoms with Crippen LogP contribution in [0.25, 0.3) is 0 Å². The highest BCUT2D eigenvalue weighted by Gasteiger charge is 2.35. The molecule has 3 rings (SSSR count). The minimum atomic E-state index is -0.751. The molecule has 2 atom stereocenters. The third-order valence-electron chi connectivity index (χ3n) is 3.48. The van der Waals surface area contributed by atoms with Gasteiger partial charge in [-0.25, -0.2) is 0 Å². The molecular formula is C13H16O3. The highest BCUT2D eigenvalue weighted by Crippen LogP contribution is 2.39. The van der Waals surface area contributed by atoms with Crippen molar-refractivity contribution in [2.75, 3.05) is 6.61 Å². The molecule has 2 aliphatic rings. The van der Waals surface area contributed by atoms with Crippen LogP contribution in [0, 0.1) is 5.92 Å².